The molecule has 3 aliphatic rings. The summed E-state index contributed by atoms with van der Waals surface area (Å²) in [5, 5.41) is 5.37. The first-order chi connectivity index (χ1) is 22.2. The summed E-state index contributed by atoms with van der Waals surface area (Å²) >= 11 is 6.00. The first-order valence-corrected chi connectivity index (χ1v) is 16.3. The Morgan fingerprint density at radius 1 is 1.11 bits per heavy atom. The second-order valence-corrected chi connectivity index (χ2v) is 12.7. The number of amides is 1. The Kier molecular flexibility index (Phi) is 7.31. The van der Waals surface area contributed by atoms with E-state index in [2.05, 4.69) is 31.5 Å². The van der Waals surface area contributed by atoms with Crippen LogP contribution in [0.1, 0.15) is 56.6 Å². The molecule has 1 saturated carbocycles. The van der Waals surface area contributed by atoms with Gasteiger partial charge in [0, 0.05) is 30.9 Å². The molecular formula is C34H36N8O3S. The molecule has 1 aliphatic carbocycles. The third-order valence-corrected chi connectivity index (χ3v) is 9.91. The van der Waals surface area contributed by atoms with E-state index in [9.17, 15) is 9.59 Å². The minimum absolute atomic E-state index is 0.0307. The predicted molar refractivity (Wildman–Crippen MR) is 181 cm³/mol. The van der Waals surface area contributed by atoms with Crippen molar-refractivity contribution in [3.05, 3.63) is 75.3 Å². The molecule has 2 saturated heterocycles. The molecule has 46 heavy (non-hydrogen) atoms. The van der Waals surface area contributed by atoms with Gasteiger partial charge in [-0.1, -0.05) is 13.0 Å². The zero-order valence-corrected chi connectivity index (χ0v) is 27.3. The number of aromatic nitrogens is 4. The van der Waals surface area contributed by atoms with E-state index in [1.54, 1.807) is 15.5 Å². The number of nitrogens with one attached hydrogen (secondary N) is 1. The highest BCUT2D eigenvalue weighted by Gasteiger charge is 2.62. The summed E-state index contributed by atoms with van der Waals surface area (Å²) in [6.45, 7) is 17.0. The number of nitrogens with zero attached hydrogens (tertiary/aromatic N) is 7. The van der Waals surface area contributed by atoms with Crippen molar-refractivity contribution >= 4 is 45.8 Å². The Balaban J connectivity index is 1.18. The summed E-state index contributed by atoms with van der Waals surface area (Å²) in [5.74, 6) is 1.84. The zero-order valence-electron chi connectivity index (χ0n) is 26.5. The quantitative estimate of drug-likeness (QED) is 0.204. The SMILES string of the molecule is [C-]#[N+]c1ccc(N2C(=O)C3(CCC3)N(C3CN(c4ccc(OCC)c(-c5nn6c(CCC)nc(C)c6c(=O)[nH]5)c4)C3)C2=S)cc1C. The molecule has 0 radical (unpaired) electrons. The van der Waals surface area contributed by atoms with Crippen LogP contribution in [0.4, 0.5) is 17.1 Å². The molecule has 4 heterocycles. The molecule has 1 spiro atoms. The lowest BCUT2D eigenvalue weighted by Gasteiger charge is -2.53. The molecule has 4 aromatic rings. The van der Waals surface area contributed by atoms with Crippen molar-refractivity contribution in [3.8, 4) is 17.1 Å². The Morgan fingerprint density at radius 3 is 2.52 bits per heavy atom. The van der Waals surface area contributed by atoms with Gasteiger partial charge in [-0.05, 0) is 94.6 Å². The van der Waals surface area contributed by atoms with E-state index in [1.807, 2.05) is 51.1 Å². The summed E-state index contributed by atoms with van der Waals surface area (Å²) in [6, 6.07) is 11.5. The van der Waals surface area contributed by atoms with Crippen LogP contribution in [0, 0.1) is 20.4 Å². The summed E-state index contributed by atoms with van der Waals surface area (Å²) in [6.07, 6.45) is 4.14. The van der Waals surface area contributed by atoms with Crippen LogP contribution >= 0.6 is 12.2 Å². The number of imidazole rings is 1. The molecule has 11 nitrogen and oxygen atoms in total. The molecule has 0 atom stereocenters. The fourth-order valence-corrected chi connectivity index (χ4v) is 7.56. The normalized spacial score (nSPS) is 17.5. The molecule has 3 fully saturated rings. The Bertz CT molecular complexity index is 2000. The average Bonchev–Trinajstić information content (AvgIpc) is 3.43. The van der Waals surface area contributed by atoms with Crippen molar-refractivity contribution in [2.75, 3.05) is 29.5 Å². The van der Waals surface area contributed by atoms with Crippen molar-refractivity contribution < 1.29 is 9.53 Å². The van der Waals surface area contributed by atoms with Crippen molar-refractivity contribution in [2.45, 2.75) is 71.4 Å². The van der Waals surface area contributed by atoms with Crippen LogP contribution in [0.15, 0.2) is 41.2 Å². The Labute approximate surface area is 272 Å². The van der Waals surface area contributed by atoms with E-state index in [0.29, 0.717) is 65.3 Å². The lowest BCUT2D eigenvalue weighted by Crippen LogP contribution is -2.67. The maximum absolute atomic E-state index is 13.9. The van der Waals surface area contributed by atoms with Gasteiger partial charge in [0.2, 0.25) is 0 Å². The van der Waals surface area contributed by atoms with Gasteiger partial charge < -0.3 is 19.5 Å². The molecule has 0 bridgehead atoms. The molecule has 12 heteroatoms. The maximum Gasteiger partial charge on any atom is 0.277 e. The van der Waals surface area contributed by atoms with E-state index in [-0.39, 0.29) is 17.5 Å². The van der Waals surface area contributed by atoms with Crippen LogP contribution in [-0.4, -0.2) is 66.8 Å². The van der Waals surface area contributed by atoms with Crippen molar-refractivity contribution in [2.24, 2.45) is 0 Å². The molecule has 236 valence electrons. The fourth-order valence-electron chi connectivity index (χ4n) is 7.05. The van der Waals surface area contributed by atoms with Crippen LogP contribution in [0.25, 0.3) is 21.7 Å². The van der Waals surface area contributed by atoms with E-state index in [0.717, 1.165) is 48.4 Å². The van der Waals surface area contributed by atoms with Crippen LogP contribution in [-0.2, 0) is 11.2 Å². The van der Waals surface area contributed by atoms with E-state index < -0.39 is 5.54 Å². The molecule has 7 rings (SSSR count). The van der Waals surface area contributed by atoms with Gasteiger partial charge in [0.15, 0.2) is 22.1 Å². The molecule has 1 N–H and O–H groups in total. The summed E-state index contributed by atoms with van der Waals surface area (Å²) in [4.78, 5) is 44.4. The second-order valence-electron chi connectivity index (χ2n) is 12.4. The summed E-state index contributed by atoms with van der Waals surface area (Å²) < 4.78 is 7.64. The number of rotatable bonds is 8. The van der Waals surface area contributed by atoms with Crippen LogP contribution < -0.4 is 20.1 Å². The van der Waals surface area contributed by atoms with Crippen LogP contribution in [0.5, 0.6) is 5.75 Å². The van der Waals surface area contributed by atoms with Gasteiger partial charge >= 0.3 is 0 Å². The highest BCUT2D eigenvalue weighted by molar-refractivity contribution is 7.80. The number of benzene rings is 2. The van der Waals surface area contributed by atoms with Gasteiger partial charge in [0.25, 0.3) is 11.5 Å². The van der Waals surface area contributed by atoms with Crippen molar-refractivity contribution in [3.63, 3.8) is 0 Å². The third kappa shape index (κ3) is 4.47. The number of hydrogen-bond acceptors (Lipinski definition) is 7. The summed E-state index contributed by atoms with van der Waals surface area (Å²) in [5.41, 5.74) is 4.04. The number of ether oxygens (including phenoxy) is 1. The Hall–Kier alpha value is -4.76. The monoisotopic (exact) mass is 636 g/mol. The van der Waals surface area contributed by atoms with E-state index in [4.69, 9.17) is 28.6 Å². The number of anilines is 2. The van der Waals surface area contributed by atoms with E-state index in [1.165, 1.54) is 0 Å². The largest absolute Gasteiger partial charge is 0.493 e. The molecule has 2 aliphatic heterocycles. The topological polar surface area (TPSA) is 103 Å². The Morgan fingerprint density at radius 2 is 1.87 bits per heavy atom. The number of fused-ring (bicyclic) bond motifs is 1. The number of carbonyl (C=O) groups is 1. The zero-order chi connectivity index (χ0) is 32.3. The molecular weight excluding hydrogens is 600 g/mol. The van der Waals surface area contributed by atoms with E-state index >= 15 is 0 Å². The van der Waals surface area contributed by atoms with Gasteiger partial charge in [0.1, 0.15) is 17.1 Å². The number of hydrogen-bond donors (Lipinski definition) is 1. The summed E-state index contributed by atoms with van der Waals surface area (Å²) in [7, 11) is 0. The van der Waals surface area contributed by atoms with Gasteiger partial charge in [0.05, 0.1) is 30.5 Å². The molecule has 1 amide bonds. The van der Waals surface area contributed by atoms with Gasteiger partial charge in [-0.2, -0.15) is 0 Å². The minimum atomic E-state index is -0.609. The van der Waals surface area contributed by atoms with Crippen LogP contribution in [0.2, 0.25) is 0 Å². The standard InChI is InChI=1S/C34H36N8O3S/c1-6-9-28-36-21(4)29-31(43)37-30(38-42(28)29)25-17-22(11-13-27(25)45-7-2)39-18-24(19-39)41-33(46)40(32(44)34(41)14-8-15-34)23-10-12-26(35-5)20(3)16-23/h10-13,16-17,24H,6-9,14-15,18-19H2,1-4H3,(H,37,38,43). The average molecular weight is 637 g/mol. The first-order valence-electron chi connectivity index (χ1n) is 15.9. The maximum atomic E-state index is 13.9. The number of carbonyl (C=O) groups excluding carboxylic acids is 1. The van der Waals surface area contributed by atoms with Crippen LogP contribution in [0.3, 0.4) is 0 Å². The van der Waals surface area contributed by atoms with Gasteiger partial charge in [-0.3, -0.25) is 14.5 Å². The molecule has 0 unspecified atom stereocenters. The van der Waals surface area contributed by atoms with Crippen molar-refractivity contribution in [1.29, 1.82) is 0 Å². The predicted octanol–water partition coefficient (Wildman–Crippen LogP) is 5.35. The number of aryl methyl sites for hydroxylation is 3. The minimum Gasteiger partial charge on any atom is -0.493 e. The number of thiocarbonyl (C=S) groups is 1. The smallest absolute Gasteiger partial charge is 0.277 e. The highest BCUT2D eigenvalue weighted by atomic mass is 32.1. The first kappa shape index (κ1) is 29.9. The number of H-pyrrole nitrogens is 1. The van der Waals surface area contributed by atoms with Gasteiger partial charge in [-0.15, -0.1) is 5.10 Å². The van der Waals surface area contributed by atoms with Gasteiger partial charge in [-0.25, -0.2) is 14.3 Å². The highest BCUT2D eigenvalue weighted by Crippen LogP contribution is 2.48. The lowest BCUT2D eigenvalue weighted by molar-refractivity contribution is -0.130. The molecule has 2 aromatic heterocycles. The molecule has 2 aromatic carbocycles. The number of aromatic amines is 1. The van der Waals surface area contributed by atoms with Crippen molar-refractivity contribution in [1.82, 2.24) is 24.5 Å². The third-order valence-electron chi connectivity index (χ3n) is 9.53. The second kappa shape index (κ2) is 11.2. The fraction of sp³-hybridized carbons (Fsp3) is 0.412. The lowest BCUT2D eigenvalue weighted by atomic mass is 9.74.